The number of rotatable bonds is 5. The van der Waals surface area contributed by atoms with Crippen LogP contribution in [0.15, 0.2) is 79.0 Å². The molecule has 0 aliphatic carbocycles. The summed E-state index contributed by atoms with van der Waals surface area (Å²) in [6.07, 6.45) is 1.80. The average Bonchev–Trinajstić information content (AvgIpc) is 3.14. The third kappa shape index (κ3) is 3.87. The summed E-state index contributed by atoms with van der Waals surface area (Å²) in [6, 6.07) is 20.8. The van der Waals surface area contributed by atoms with E-state index in [2.05, 4.69) is 5.32 Å². The number of hydroxylamine groups is 1. The zero-order valence-corrected chi connectivity index (χ0v) is 15.9. The molecule has 0 spiro atoms. The molecule has 4 rings (SSSR count). The van der Waals surface area contributed by atoms with E-state index in [1.54, 1.807) is 48.1 Å². The van der Waals surface area contributed by atoms with Crippen LogP contribution in [0.5, 0.6) is 5.75 Å². The molecule has 4 N–H and O–H groups in total. The van der Waals surface area contributed by atoms with Crippen molar-refractivity contribution < 1.29 is 19.9 Å². The van der Waals surface area contributed by atoms with Crippen molar-refractivity contribution in [3.05, 3.63) is 95.7 Å². The van der Waals surface area contributed by atoms with Gasteiger partial charge in [0.05, 0.1) is 5.56 Å². The number of benzene rings is 3. The Morgan fingerprint density at radius 3 is 2.27 bits per heavy atom. The second-order valence-corrected chi connectivity index (χ2v) is 6.83. The van der Waals surface area contributed by atoms with E-state index < -0.39 is 5.91 Å². The first-order valence-corrected chi connectivity index (χ1v) is 9.27. The number of hydrogen-bond acceptors (Lipinski definition) is 4. The third-order valence-electron chi connectivity index (χ3n) is 4.83. The highest BCUT2D eigenvalue weighted by Gasteiger charge is 2.15. The molecule has 0 atom stereocenters. The van der Waals surface area contributed by atoms with Gasteiger partial charge in [0.1, 0.15) is 5.75 Å². The number of fused-ring (bicyclic) bond motifs is 1. The maximum absolute atomic E-state index is 12.9. The van der Waals surface area contributed by atoms with E-state index in [0.29, 0.717) is 23.4 Å². The van der Waals surface area contributed by atoms with E-state index in [4.69, 9.17) is 5.21 Å². The standard InChI is InChI=1S/C23H19N3O4/c27-18-11-9-17(10-12-18)24-23(29)20-14-26(21-4-2-1-3-19(20)21)13-15-5-7-16(8-6-15)22(28)25-30/h1-12,14,27,30H,13H2,(H,24,29)(H,25,28). The molecule has 0 aliphatic heterocycles. The second kappa shape index (κ2) is 8.10. The number of carbonyl (C=O) groups is 2. The molecular formula is C23H19N3O4. The summed E-state index contributed by atoms with van der Waals surface area (Å²) in [4.78, 5) is 24.4. The van der Waals surface area contributed by atoms with Gasteiger partial charge in [-0.15, -0.1) is 0 Å². The molecule has 30 heavy (non-hydrogen) atoms. The Hall–Kier alpha value is -4.10. The Bertz CT molecular complexity index is 1210. The molecule has 0 aliphatic rings. The van der Waals surface area contributed by atoms with Gasteiger partial charge in [-0.3, -0.25) is 14.8 Å². The summed E-state index contributed by atoms with van der Waals surface area (Å²) in [5.41, 5.74) is 4.94. The van der Waals surface area contributed by atoms with Gasteiger partial charge >= 0.3 is 0 Å². The Morgan fingerprint density at radius 2 is 1.57 bits per heavy atom. The van der Waals surface area contributed by atoms with Crippen LogP contribution < -0.4 is 10.8 Å². The minimum absolute atomic E-state index is 0.132. The van der Waals surface area contributed by atoms with Gasteiger partial charge in [0.25, 0.3) is 11.8 Å². The van der Waals surface area contributed by atoms with Crippen LogP contribution in [0, 0.1) is 0 Å². The summed E-state index contributed by atoms with van der Waals surface area (Å²) in [7, 11) is 0. The maximum atomic E-state index is 12.9. The summed E-state index contributed by atoms with van der Waals surface area (Å²) < 4.78 is 1.97. The normalized spacial score (nSPS) is 10.7. The molecule has 1 heterocycles. The van der Waals surface area contributed by atoms with Crippen molar-refractivity contribution in [1.29, 1.82) is 0 Å². The summed E-state index contributed by atoms with van der Waals surface area (Å²) >= 11 is 0. The zero-order valence-electron chi connectivity index (χ0n) is 15.9. The van der Waals surface area contributed by atoms with Gasteiger partial charge in [0.15, 0.2) is 0 Å². The number of phenolic OH excluding ortho intramolecular Hbond substituents is 1. The smallest absolute Gasteiger partial charge is 0.274 e. The predicted molar refractivity (Wildman–Crippen MR) is 113 cm³/mol. The topological polar surface area (TPSA) is 104 Å². The van der Waals surface area contributed by atoms with Crippen LogP contribution in [0.4, 0.5) is 5.69 Å². The lowest BCUT2D eigenvalue weighted by molar-refractivity contribution is 0.0706. The molecule has 0 saturated heterocycles. The number of aromatic hydroxyl groups is 1. The average molecular weight is 401 g/mol. The van der Waals surface area contributed by atoms with Gasteiger partial charge in [0.2, 0.25) is 0 Å². The van der Waals surface area contributed by atoms with E-state index in [0.717, 1.165) is 16.5 Å². The van der Waals surface area contributed by atoms with E-state index in [1.165, 1.54) is 12.1 Å². The van der Waals surface area contributed by atoms with Crippen LogP contribution in [0.2, 0.25) is 0 Å². The SMILES string of the molecule is O=C(NO)c1ccc(Cn2cc(C(=O)Nc3ccc(O)cc3)c3ccccc32)cc1. The fourth-order valence-corrected chi connectivity index (χ4v) is 3.32. The summed E-state index contributed by atoms with van der Waals surface area (Å²) in [5.74, 6) is -0.682. The largest absolute Gasteiger partial charge is 0.508 e. The van der Waals surface area contributed by atoms with E-state index in [-0.39, 0.29) is 11.7 Å². The number of amides is 2. The van der Waals surface area contributed by atoms with Crippen LogP contribution in [0.1, 0.15) is 26.3 Å². The molecule has 150 valence electrons. The Kier molecular flexibility index (Phi) is 5.19. The number of para-hydroxylation sites is 1. The Morgan fingerprint density at radius 1 is 0.867 bits per heavy atom. The number of nitrogens with zero attached hydrogens (tertiary/aromatic N) is 1. The van der Waals surface area contributed by atoms with Gasteiger partial charge < -0.3 is 15.0 Å². The van der Waals surface area contributed by atoms with Crippen molar-refractivity contribution >= 4 is 28.4 Å². The lowest BCUT2D eigenvalue weighted by Crippen LogP contribution is -2.18. The molecule has 2 amide bonds. The lowest BCUT2D eigenvalue weighted by atomic mass is 10.1. The second-order valence-electron chi connectivity index (χ2n) is 6.83. The number of anilines is 1. The molecule has 0 saturated carbocycles. The van der Waals surface area contributed by atoms with Crippen LogP contribution >= 0.6 is 0 Å². The van der Waals surface area contributed by atoms with Crippen LogP contribution in [-0.4, -0.2) is 26.7 Å². The fourth-order valence-electron chi connectivity index (χ4n) is 3.32. The van der Waals surface area contributed by atoms with Gasteiger partial charge in [0, 0.05) is 34.9 Å². The maximum Gasteiger partial charge on any atom is 0.274 e. The van der Waals surface area contributed by atoms with Crippen molar-refractivity contribution in [3.63, 3.8) is 0 Å². The molecule has 7 heteroatoms. The molecule has 7 nitrogen and oxygen atoms in total. The number of nitrogens with one attached hydrogen (secondary N) is 2. The minimum Gasteiger partial charge on any atom is -0.508 e. The highest BCUT2D eigenvalue weighted by Crippen LogP contribution is 2.24. The van der Waals surface area contributed by atoms with Crippen molar-refractivity contribution in [2.24, 2.45) is 0 Å². The monoisotopic (exact) mass is 401 g/mol. The minimum atomic E-state index is -0.568. The van der Waals surface area contributed by atoms with Crippen molar-refractivity contribution in [3.8, 4) is 5.75 Å². The Labute approximate surface area is 172 Å². The molecule has 0 radical (unpaired) electrons. The fraction of sp³-hybridized carbons (Fsp3) is 0.0435. The molecule has 4 aromatic rings. The number of carbonyl (C=O) groups excluding carboxylic acids is 2. The van der Waals surface area contributed by atoms with Gasteiger partial charge in [-0.2, -0.15) is 0 Å². The first-order chi connectivity index (χ1) is 14.5. The number of hydrogen-bond donors (Lipinski definition) is 4. The highest BCUT2D eigenvalue weighted by molar-refractivity contribution is 6.13. The van der Waals surface area contributed by atoms with Gasteiger partial charge in [-0.25, -0.2) is 5.48 Å². The third-order valence-corrected chi connectivity index (χ3v) is 4.83. The molecule has 0 fully saturated rings. The van der Waals surface area contributed by atoms with Crippen LogP contribution in [0.3, 0.4) is 0 Å². The zero-order chi connectivity index (χ0) is 21.1. The van der Waals surface area contributed by atoms with E-state index in [9.17, 15) is 14.7 Å². The van der Waals surface area contributed by atoms with Crippen molar-refractivity contribution in [2.75, 3.05) is 5.32 Å². The van der Waals surface area contributed by atoms with Crippen molar-refractivity contribution in [1.82, 2.24) is 10.0 Å². The molecule has 3 aromatic carbocycles. The predicted octanol–water partition coefficient (Wildman–Crippen LogP) is 3.77. The first-order valence-electron chi connectivity index (χ1n) is 9.27. The van der Waals surface area contributed by atoms with Crippen LogP contribution in [0.25, 0.3) is 10.9 Å². The lowest BCUT2D eigenvalue weighted by Gasteiger charge is -2.06. The van der Waals surface area contributed by atoms with Gasteiger partial charge in [-0.05, 0) is 48.0 Å². The quantitative estimate of drug-likeness (QED) is 0.232. The Balaban J connectivity index is 1.62. The molecular weight excluding hydrogens is 382 g/mol. The number of aromatic nitrogens is 1. The van der Waals surface area contributed by atoms with Crippen LogP contribution in [-0.2, 0) is 6.54 Å². The van der Waals surface area contributed by atoms with E-state index in [1.807, 2.05) is 28.8 Å². The van der Waals surface area contributed by atoms with Gasteiger partial charge in [-0.1, -0.05) is 30.3 Å². The number of phenols is 1. The highest BCUT2D eigenvalue weighted by atomic mass is 16.5. The van der Waals surface area contributed by atoms with E-state index >= 15 is 0 Å². The van der Waals surface area contributed by atoms with Crippen molar-refractivity contribution in [2.45, 2.75) is 6.54 Å². The molecule has 1 aromatic heterocycles. The molecule has 0 bridgehead atoms. The summed E-state index contributed by atoms with van der Waals surface area (Å²) in [6.45, 7) is 0.508. The first kappa shape index (κ1) is 19.2. The summed E-state index contributed by atoms with van der Waals surface area (Å²) in [5, 5.41) is 21.8. The molecule has 0 unspecified atom stereocenters.